The molecule has 29 heavy (non-hydrogen) atoms. The number of carbonyl (C=O) groups is 1. The molecule has 1 heterocycles. The van der Waals surface area contributed by atoms with Crippen molar-refractivity contribution in [2.75, 3.05) is 4.90 Å². The lowest BCUT2D eigenvalue weighted by atomic mass is 10.1. The Morgan fingerprint density at radius 2 is 1.69 bits per heavy atom. The molecule has 0 aliphatic heterocycles. The van der Waals surface area contributed by atoms with Crippen LogP contribution in [0.25, 0.3) is 0 Å². The average molecular weight is 413 g/mol. The molecule has 3 rings (SSSR count). The normalized spacial score (nSPS) is 10.4. The number of anilines is 1. The number of pyridine rings is 1. The van der Waals surface area contributed by atoms with Gasteiger partial charge in [0.25, 0.3) is 17.3 Å². The molecule has 0 spiro atoms. The summed E-state index contributed by atoms with van der Waals surface area (Å²) in [5, 5.41) is 22.0. The molecule has 3 aromatic rings. The lowest BCUT2D eigenvalue weighted by molar-refractivity contribution is -0.394. The van der Waals surface area contributed by atoms with Crippen molar-refractivity contribution in [3.8, 4) is 0 Å². The molecule has 1 amide bonds. The van der Waals surface area contributed by atoms with Crippen LogP contribution in [0.4, 0.5) is 17.2 Å². The molecule has 0 aliphatic rings. The third-order valence-electron chi connectivity index (χ3n) is 4.03. The summed E-state index contributed by atoms with van der Waals surface area (Å²) in [7, 11) is 0. The molecule has 9 nitrogen and oxygen atoms in total. The number of halogens is 1. The topological polar surface area (TPSA) is 119 Å². The van der Waals surface area contributed by atoms with Crippen LogP contribution in [0.1, 0.15) is 15.9 Å². The highest BCUT2D eigenvalue weighted by molar-refractivity contribution is 6.36. The van der Waals surface area contributed by atoms with Crippen molar-refractivity contribution in [1.82, 2.24) is 4.98 Å². The SMILES string of the molecule is O=C(c1cc([N+](=O)[O-])cc([N+](=O)[O-])c1Cl)N(Cc1ccccc1)c1ccccn1. The van der Waals surface area contributed by atoms with Gasteiger partial charge < -0.3 is 0 Å². The van der Waals surface area contributed by atoms with E-state index < -0.39 is 32.2 Å². The first-order valence-electron chi connectivity index (χ1n) is 8.27. The van der Waals surface area contributed by atoms with Crippen LogP contribution >= 0.6 is 11.6 Å². The first kappa shape index (κ1) is 19.9. The summed E-state index contributed by atoms with van der Waals surface area (Å²) in [4.78, 5) is 39.5. The van der Waals surface area contributed by atoms with E-state index in [0.29, 0.717) is 0 Å². The highest BCUT2D eigenvalue weighted by atomic mass is 35.5. The lowest BCUT2D eigenvalue weighted by Gasteiger charge is -2.22. The van der Waals surface area contributed by atoms with Crippen molar-refractivity contribution in [3.63, 3.8) is 0 Å². The first-order valence-corrected chi connectivity index (χ1v) is 8.65. The number of hydrogen-bond donors (Lipinski definition) is 0. The summed E-state index contributed by atoms with van der Waals surface area (Å²) in [6.07, 6.45) is 1.48. The van der Waals surface area contributed by atoms with Crippen LogP contribution in [0.5, 0.6) is 0 Å². The summed E-state index contributed by atoms with van der Waals surface area (Å²) < 4.78 is 0. The zero-order valence-electron chi connectivity index (χ0n) is 14.8. The van der Waals surface area contributed by atoms with Gasteiger partial charge in [-0.1, -0.05) is 48.0 Å². The van der Waals surface area contributed by atoms with Crippen molar-refractivity contribution in [2.45, 2.75) is 6.54 Å². The Labute approximate surface area is 169 Å². The van der Waals surface area contributed by atoms with Crippen LogP contribution in [0.3, 0.4) is 0 Å². The molecule has 146 valence electrons. The smallest absolute Gasteiger partial charge is 0.288 e. The van der Waals surface area contributed by atoms with E-state index in [2.05, 4.69) is 4.98 Å². The summed E-state index contributed by atoms with van der Waals surface area (Å²) in [6.45, 7) is 0.0868. The van der Waals surface area contributed by atoms with E-state index in [-0.39, 0.29) is 17.9 Å². The molecule has 0 aliphatic carbocycles. The highest BCUT2D eigenvalue weighted by Crippen LogP contribution is 2.34. The zero-order chi connectivity index (χ0) is 21.0. The fraction of sp³-hybridized carbons (Fsp3) is 0.0526. The second-order valence-electron chi connectivity index (χ2n) is 5.91. The second-order valence-corrected chi connectivity index (χ2v) is 6.28. The van der Waals surface area contributed by atoms with Crippen LogP contribution in [0, 0.1) is 20.2 Å². The van der Waals surface area contributed by atoms with Crippen LogP contribution in [-0.2, 0) is 6.54 Å². The van der Waals surface area contributed by atoms with Gasteiger partial charge in [-0.15, -0.1) is 0 Å². The van der Waals surface area contributed by atoms with Gasteiger partial charge in [0.15, 0.2) is 0 Å². The van der Waals surface area contributed by atoms with Gasteiger partial charge in [-0.2, -0.15) is 0 Å². The van der Waals surface area contributed by atoms with Crippen molar-refractivity contribution in [3.05, 3.63) is 103 Å². The third-order valence-corrected chi connectivity index (χ3v) is 4.43. The molecule has 0 atom stereocenters. The molecule has 0 fully saturated rings. The maximum Gasteiger partial charge on any atom is 0.295 e. The maximum absolute atomic E-state index is 13.3. The van der Waals surface area contributed by atoms with Gasteiger partial charge in [0.05, 0.1) is 28.0 Å². The highest BCUT2D eigenvalue weighted by Gasteiger charge is 2.29. The van der Waals surface area contributed by atoms with E-state index in [9.17, 15) is 25.0 Å². The van der Waals surface area contributed by atoms with Gasteiger partial charge >= 0.3 is 0 Å². The summed E-state index contributed by atoms with van der Waals surface area (Å²) in [6, 6.07) is 15.6. The molecule has 0 radical (unpaired) electrons. The van der Waals surface area contributed by atoms with Crippen molar-refractivity contribution in [2.24, 2.45) is 0 Å². The molecule has 0 unspecified atom stereocenters. The van der Waals surface area contributed by atoms with Gasteiger partial charge in [0.2, 0.25) is 0 Å². The summed E-state index contributed by atoms with van der Waals surface area (Å²) in [5.41, 5.74) is -0.910. The number of aromatic nitrogens is 1. The average Bonchev–Trinajstić information content (AvgIpc) is 2.72. The predicted octanol–water partition coefficient (Wildman–Crippen LogP) is 4.40. The number of carbonyl (C=O) groups excluding carboxylic acids is 1. The molecule has 0 saturated carbocycles. The predicted molar refractivity (Wildman–Crippen MR) is 106 cm³/mol. The Kier molecular flexibility index (Phi) is 5.79. The molecule has 2 aromatic carbocycles. The summed E-state index contributed by atoms with van der Waals surface area (Å²) in [5.74, 6) is -0.476. The molecule has 1 aromatic heterocycles. The minimum absolute atomic E-state index is 0.0868. The number of benzene rings is 2. The van der Waals surface area contributed by atoms with Crippen LogP contribution in [-0.4, -0.2) is 20.7 Å². The number of amides is 1. The number of nitrogens with zero attached hydrogens (tertiary/aromatic N) is 4. The summed E-state index contributed by atoms with van der Waals surface area (Å²) >= 11 is 6.08. The monoisotopic (exact) mass is 412 g/mol. The fourth-order valence-corrected chi connectivity index (χ4v) is 2.93. The first-order chi connectivity index (χ1) is 13.9. The quantitative estimate of drug-likeness (QED) is 0.437. The number of hydrogen-bond acceptors (Lipinski definition) is 6. The minimum atomic E-state index is -0.867. The molecular formula is C19H13ClN4O5. The molecule has 0 bridgehead atoms. The molecule has 0 N–H and O–H groups in total. The Hall–Kier alpha value is -3.85. The van der Waals surface area contributed by atoms with Gasteiger partial charge in [-0.25, -0.2) is 4.98 Å². The van der Waals surface area contributed by atoms with E-state index in [4.69, 9.17) is 11.6 Å². The van der Waals surface area contributed by atoms with E-state index in [1.54, 1.807) is 42.5 Å². The molecule has 10 heteroatoms. The van der Waals surface area contributed by atoms with Gasteiger partial charge in [-0.05, 0) is 17.7 Å². The molecular weight excluding hydrogens is 400 g/mol. The Morgan fingerprint density at radius 1 is 1.00 bits per heavy atom. The van der Waals surface area contributed by atoms with E-state index in [0.717, 1.165) is 17.7 Å². The third kappa shape index (κ3) is 4.36. The fourth-order valence-electron chi connectivity index (χ4n) is 2.67. The van der Waals surface area contributed by atoms with Crippen molar-refractivity contribution >= 4 is 34.7 Å². The minimum Gasteiger partial charge on any atom is -0.288 e. The Balaban J connectivity index is 2.13. The van der Waals surface area contributed by atoms with Gasteiger partial charge in [0, 0.05) is 12.3 Å². The number of nitro benzene ring substituents is 2. The maximum atomic E-state index is 13.3. The van der Waals surface area contributed by atoms with E-state index >= 15 is 0 Å². The van der Waals surface area contributed by atoms with Crippen molar-refractivity contribution < 1.29 is 14.6 Å². The van der Waals surface area contributed by atoms with E-state index in [1.165, 1.54) is 11.1 Å². The van der Waals surface area contributed by atoms with E-state index in [1.807, 2.05) is 6.07 Å². The largest absolute Gasteiger partial charge is 0.295 e. The Bertz CT molecular complexity index is 1080. The van der Waals surface area contributed by atoms with Crippen LogP contribution in [0.2, 0.25) is 5.02 Å². The van der Waals surface area contributed by atoms with Crippen LogP contribution in [0.15, 0.2) is 66.9 Å². The van der Waals surface area contributed by atoms with Crippen molar-refractivity contribution in [1.29, 1.82) is 0 Å². The Morgan fingerprint density at radius 3 is 2.28 bits per heavy atom. The second kappa shape index (κ2) is 8.44. The number of non-ortho nitro benzene ring substituents is 1. The molecule has 0 saturated heterocycles. The van der Waals surface area contributed by atoms with Crippen LogP contribution < -0.4 is 4.90 Å². The van der Waals surface area contributed by atoms with Gasteiger partial charge in [0.1, 0.15) is 10.8 Å². The lowest BCUT2D eigenvalue weighted by Crippen LogP contribution is -2.31. The number of nitro groups is 2. The zero-order valence-corrected chi connectivity index (χ0v) is 15.5. The standard InChI is InChI=1S/C19H13ClN4O5/c20-18-15(10-14(23(26)27)11-16(18)24(28)29)19(25)22(17-8-4-5-9-21-17)12-13-6-2-1-3-7-13/h1-11H,12H2. The van der Waals surface area contributed by atoms with Gasteiger partial charge in [-0.3, -0.25) is 29.9 Å². The number of rotatable bonds is 6.